The van der Waals surface area contributed by atoms with Gasteiger partial charge in [-0.15, -0.1) is 0 Å². The smallest absolute Gasteiger partial charge is 0.374 e. The van der Waals surface area contributed by atoms with E-state index in [0.717, 1.165) is 13.4 Å². The molecule has 128 valence electrons. The van der Waals surface area contributed by atoms with Crippen LogP contribution >= 0.6 is 0 Å². The standard InChI is InChI=1S/C11H12O6.2C3H6/c1-5(2)8(12)6-4-17-9(11(15)16-3)7(6)10(13)14;2*1-2-3-1/h4-5H,1-3H3,(H,13,14);2*1-3H2. The summed E-state index contributed by atoms with van der Waals surface area (Å²) in [4.78, 5) is 34.0. The van der Waals surface area contributed by atoms with Crippen molar-refractivity contribution < 1.29 is 28.6 Å². The van der Waals surface area contributed by atoms with Gasteiger partial charge in [-0.1, -0.05) is 52.4 Å². The highest BCUT2D eigenvalue weighted by atomic mass is 16.5. The first kappa shape index (κ1) is 18.9. The van der Waals surface area contributed by atoms with E-state index in [2.05, 4.69) is 4.74 Å². The fourth-order valence-corrected chi connectivity index (χ4v) is 1.31. The molecular formula is C17H24O6. The lowest BCUT2D eigenvalue weighted by atomic mass is 9.99. The minimum Gasteiger partial charge on any atom is -0.478 e. The predicted molar refractivity (Wildman–Crippen MR) is 83.9 cm³/mol. The first-order valence-electron chi connectivity index (χ1n) is 7.87. The third-order valence-electron chi connectivity index (χ3n) is 2.87. The van der Waals surface area contributed by atoms with Crippen molar-refractivity contribution in [1.29, 1.82) is 0 Å². The zero-order valence-electron chi connectivity index (χ0n) is 13.9. The Kier molecular flexibility index (Phi) is 7.51. The maximum absolute atomic E-state index is 11.7. The van der Waals surface area contributed by atoms with E-state index in [0.29, 0.717) is 0 Å². The second-order valence-corrected chi connectivity index (χ2v) is 5.79. The lowest BCUT2D eigenvalue weighted by Gasteiger charge is -2.02. The van der Waals surface area contributed by atoms with E-state index in [-0.39, 0.29) is 5.56 Å². The summed E-state index contributed by atoms with van der Waals surface area (Å²) in [5.74, 6) is -3.59. The van der Waals surface area contributed by atoms with Crippen LogP contribution in [0, 0.1) is 5.92 Å². The maximum Gasteiger partial charge on any atom is 0.374 e. The predicted octanol–water partition coefficient (Wildman–Crippen LogP) is 3.94. The highest BCUT2D eigenvalue weighted by molar-refractivity contribution is 6.11. The third kappa shape index (κ3) is 6.67. The fourth-order valence-electron chi connectivity index (χ4n) is 1.31. The molecule has 0 unspecified atom stereocenters. The van der Waals surface area contributed by atoms with Gasteiger partial charge in [-0.2, -0.15) is 0 Å². The van der Waals surface area contributed by atoms with Crippen molar-refractivity contribution in [3.8, 4) is 0 Å². The number of hydrogen-bond acceptors (Lipinski definition) is 5. The number of methoxy groups -OCH3 is 1. The number of Topliss-reactive ketones (excluding diaryl/α,β-unsaturated/α-hetero) is 1. The van der Waals surface area contributed by atoms with Gasteiger partial charge in [-0.3, -0.25) is 4.79 Å². The molecule has 0 aromatic carbocycles. The van der Waals surface area contributed by atoms with Crippen molar-refractivity contribution in [2.45, 2.75) is 52.4 Å². The van der Waals surface area contributed by atoms with Crippen LogP contribution in [0.1, 0.15) is 83.6 Å². The number of rotatable bonds is 4. The molecule has 1 aromatic rings. The number of hydrogen-bond donors (Lipinski definition) is 1. The van der Waals surface area contributed by atoms with Gasteiger partial charge in [0.15, 0.2) is 5.78 Å². The zero-order valence-corrected chi connectivity index (χ0v) is 13.9. The average molecular weight is 324 g/mol. The molecule has 0 amide bonds. The van der Waals surface area contributed by atoms with Crippen molar-refractivity contribution in [1.82, 2.24) is 0 Å². The monoisotopic (exact) mass is 324 g/mol. The van der Waals surface area contributed by atoms with Crippen molar-refractivity contribution in [3.63, 3.8) is 0 Å². The molecule has 1 aromatic heterocycles. The molecule has 2 aliphatic carbocycles. The SMILES string of the molecule is C1CC1.C1CC1.COC(=O)c1occ(C(=O)C(C)C)c1C(=O)O. The van der Waals surface area contributed by atoms with E-state index < -0.39 is 35.0 Å². The Morgan fingerprint density at radius 3 is 1.87 bits per heavy atom. The van der Waals surface area contributed by atoms with Gasteiger partial charge in [-0.25, -0.2) is 9.59 Å². The fraction of sp³-hybridized carbons (Fsp3) is 0.588. The molecular weight excluding hydrogens is 300 g/mol. The first-order valence-corrected chi connectivity index (χ1v) is 7.87. The van der Waals surface area contributed by atoms with Crippen LogP contribution in [-0.4, -0.2) is 29.9 Å². The molecule has 0 saturated heterocycles. The Bertz CT molecular complexity index is 540. The molecule has 2 aliphatic rings. The molecule has 0 radical (unpaired) electrons. The van der Waals surface area contributed by atoms with Gasteiger partial charge in [0.25, 0.3) is 0 Å². The summed E-state index contributed by atoms with van der Waals surface area (Å²) < 4.78 is 9.18. The second kappa shape index (κ2) is 9.12. The van der Waals surface area contributed by atoms with Gasteiger partial charge in [0.1, 0.15) is 11.8 Å². The van der Waals surface area contributed by atoms with E-state index in [1.165, 1.54) is 38.5 Å². The van der Waals surface area contributed by atoms with Crippen LogP contribution in [0.2, 0.25) is 0 Å². The molecule has 0 spiro atoms. The molecule has 1 heterocycles. The van der Waals surface area contributed by atoms with Crippen LogP contribution in [-0.2, 0) is 4.74 Å². The minimum atomic E-state index is -1.40. The highest BCUT2D eigenvalue weighted by Gasteiger charge is 2.30. The number of carbonyl (C=O) groups excluding carboxylic acids is 2. The van der Waals surface area contributed by atoms with Gasteiger partial charge < -0.3 is 14.3 Å². The van der Waals surface area contributed by atoms with E-state index >= 15 is 0 Å². The Hall–Kier alpha value is -2.11. The first-order chi connectivity index (χ1) is 10.9. The molecule has 3 rings (SSSR count). The van der Waals surface area contributed by atoms with Crippen LogP contribution in [0.5, 0.6) is 0 Å². The molecule has 0 bridgehead atoms. The number of carboxylic acids is 1. The van der Waals surface area contributed by atoms with Crippen LogP contribution in [0.15, 0.2) is 10.7 Å². The van der Waals surface area contributed by atoms with E-state index in [9.17, 15) is 14.4 Å². The number of carbonyl (C=O) groups is 3. The molecule has 2 fully saturated rings. The number of furan rings is 1. The summed E-state index contributed by atoms with van der Waals surface area (Å²) in [5, 5.41) is 8.99. The van der Waals surface area contributed by atoms with Gasteiger partial charge in [0.2, 0.25) is 5.76 Å². The van der Waals surface area contributed by atoms with Gasteiger partial charge >= 0.3 is 11.9 Å². The maximum atomic E-state index is 11.7. The molecule has 0 atom stereocenters. The Balaban J connectivity index is 0.000000360. The summed E-state index contributed by atoms with van der Waals surface area (Å²) in [7, 11) is 1.10. The van der Waals surface area contributed by atoms with Crippen molar-refractivity contribution >= 4 is 17.7 Å². The summed E-state index contributed by atoms with van der Waals surface area (Å²) in [6, 6.07) is 0. The van der Waals surface area contributed by atoms with E-state index in [1.54, 1.807) is 13.8 Å². The number of ether oxygens (including phenoxy) is 1. The summed E-state index contributed by atoms with van der Waals surface area (Å²) in [6.07, 6.45) is 9.97. The quantitative estimate of drug-likeness (QED) is 0.666. The van der Waals surface area contributed by atoms with Crippen molar-refractivity contribution in [3.05, 3.63) is 23.2 Å². The normalized spacial score (nSPS) is 13.9. The summed E-state index contributed by atoms with van der Waals surface area (Å²) in [6.45, 7) is 3.25. The van der Waals surface area contributed by atoms with Crippen molar-refractivity contribution in [2.24, 2.45) is 5.92 Å². The Morgan fingerprint density at radius 1 is 1.09 bits per heavy atom. The minimum absolute atomic E-state index is 0.118. The number of carboxylic acid groups (broad SMARTS) is 1. The van der Waals surface area contributed by atoms with Gasteiger partial charge in [-0.05, 0) is 0 Å². The van der Waals surface area contributed by atoms with Gasteiger partial charge in [0.05, 0.1) is 12.7 Å². The zero-order chi connectivity index (χ0) is 17.4. The third-order valence-corrected chi connectivity index (χ3v) is 2.87. The molecule has 23 heavy (non-hydrogen) atoms. The molecule has 6 heteroatoms. The molecule has 1 N–H and O–H groups in total. The summed E-state index contributed by atoms with van der Waals surface area (Å²) >= 11 is 0. The lowest BCUT2D eigenvalue weighted by Crippen LogP contribution is -2.14. The van der Waals surface area contributed by atoms with Crippen molar-refractivity contribution in [2.75, 3.05) is 7.11 Å². The van der Waals surface area contributed by atoms with Crippen LogP contribution in [0.4, 0.5) is 0 Å². The molecule has 6 nitrogen and oxygen atoms in total. The van der Waals surface area contributed by atoms with Crippen LogP contribution in [0.3, 0.4) is 0 Å². The van der Waals surface area contributed by atoms with Crippen LogP contribution < -0.4 is 0 Å². The molecule has 0 aliphatic heterocycles. The van der Waals surface area contributed by atoms with E-state index in [4.69, 9.17) is 9.52 Å². The molecule has 2 saturated carbocycles. The Labute approximate surface area is 135 Å². The Morgan fingerprint density at radius 2 is 1.57 bits per heavy atom. The average Bonchev–Trinajstić information content (AvgIpc) is 3.38. The number of aromatic carboxylic acids is 1. The highest BCUT2D eigenvalue weighted by Crippen LogP contribution is 2.21. The summed E-state index contributed by atoms with van der Waals surface area (Å²) in [5.41, 5.74) is -0.566. The van der Waals surface area contributed by atoms with Crippen LogP contribution in [0.25, 0.3) is 0 Å². The van der Waals surface area contributed by atoms with Gasteiger partial charge in [0, 0.05) is 5.92 Å². The lowest BCUT2D eigenvalue weighted by molar-refractivity contribution is 0.0547. The topological polar surface area (TPSA) is 93.8 Å². The number of esters is 1. The van der Waals surface area contributed by atoms with E-state index in [1.807, 2.05) is 0 Å². The second-order valence-electron chi connectivity index (χ2n) is 5.79. The number of ketones is 1. The largest absolute Gasteiger partial charge is 0.478 e.